The predicted molar refractivity (Wildman–Crippen MR) is 338 cm³/mol. The predicted octanol–water partition coefficient (Wildman–Crippen LogP) is 20.8. The minimum absolute atomic E-state index is 0. The summed E-state index contributed by atoms with van der Waals surface area (Å²) in [6, 6.07) is 72.6. The third-order valence-electron chi connectivity index (χ3n) is 15.5. The SMILES string of the molecule is [2H]C([2H])([2H])c1c[c-]c(-c2nccc(C(C)(C)C)n2)cc1.[C-]#[N+]c1cc2oc3cc(-c4ccc(-c5ccccc5)cc4)ccc3c2c2oc3c(-c4nc5ccc6ccccc6c5n4-c4c(C(C)C)cc(-c5ccccc5)cc4C(C)C)[c-]ccc3c12.[Ir]. The van der Waals surface area contributed by atoms with E-state index in [9.17, 15) is 0 Å². The molecule has 0 N–H and O–H groups in total. The summed E-state index contributed by atoms with van der Waals surface area (Å²) in [5, 5.41) is 5.62. The van der Waals surface area contributed by atoms with Crippen LogP contribution in [0.4, 0.5) is 5.69 Å². The number of furan rings is 2. The Morgan fingerprint density at radius 3 is 1.92 bits per heavy atom. The molecule has 0 saturated heterocycles. The molecular formula is C75H59IrN5O2-2. The first-order valence-electron chi connectivity index (χ1n) is 29.3. The van der Waals surface area contributed by atoms with Crippen molar-refractivity contribution < 1.29 is 33.1 Å². The Hall–Kier alpha value is -9.25. The van der Waals surface area contributed by atoms with Crippen molar-refractivity contribution in [3.05, 3.63) is 246 Å². The molecule has 0 aliphatic carbocycles. The third-order valence-corrected chi connectivity index (χ3v) is 15.5. The summed E-state index contributed by atoms with van der Waals surface area (Å²) >= 11 is 0. The third kappa shape index (κ3) is 9.90. The average molecular weight is 1260 g/mol. The van der Waals surface area contributed by atoms with Crippen molar-refractivity contribution in [2.24, 2.45) is 0 Å². The molecule has 0 unspecified atom stereocenters. The zero-order valence-electron chi connectivity index (χ0n) is 50.1. The van der Waals surface area contributed by atoms with Gasteiger partial charge in [0.1, 0.15) is 16.7 Å². The molecule has 14 rings (SSSR count). The number of rotatable bonds is 8. The van der Waals surface area contributed by atoms with Crippen molar-refractivity contribution in [3.8, 4) is 61.8 Å². The fraction of sp³-hybridized carbons (Fsp3) is 0.147. The minimum atomic E-state index is -2.11. The maximum atomic E-state index is 8.41. The maximum absolute atomic E-state index is 8.41. The monoisotopic (exact) mass is 1260 g/mol. The van der Waals surface area contributed by atoms with E-state index >= 15 is 0 Å². The Bertz CT molecular complexity index is 4880. The number of benzene rings is 10. The van der Waals surface area contributed by atoms with Gasteiger partial charge in [0, 0.05) is 63.4 Å². The van der Waals surface area contributed by atoms with Gasteiger partial charge in [-0.3, -0.25) is 15.0 Å². The second kappa shape index (κ2) is 21.9. The standard InChI is InChI=1S/C60H42N3O2.C15H17N2.Ir/c1-35(2)48-31-43(38-17-10-7-11-18-38)32-49(36(3)4)56(48)63-57-44-20-13-12-19-41(44)28-30-50(57)62-60(63)47-22-14-21-46-54-51(61-5)34-53-55(59(54)65-58(46)47)45-29-27-42(33-52(45)64-53)40-25-23-39(24-26-40)37-15-8-6-9-16-37;1-11-5-7-12(8-6-11)14-16-10-9-13(17-14)15(2,3)4;/h6-21,23-36H,1-4H3;5-7,9-10H,1-4H3;/q2*-1;/i;1D3;. The second-order valence-corrected chi connectivity index (χ2v) is 22.6. The van der Waals surface area contributed by atoms with Crippen LogP contribution in [0.3, 0.4) is 0 Å². The van der Waals surface area contributed by atoms with Crippen LogP contribution in [0.2, 0.25) is 0 Å². The second-order valence-electron chi connectivity index (χ2n) is 22.6. The smallest absolute Gasteiger partial charge is 0.200 e. The van der Waals surface area contributed by atoms with Gasteiger partial charge in [-0.25, -0.2) is 4.85 Å². The van der Waals surface area contributed by atoms with Crippen LogP contribution in [0.1, 0.15) is 86.8 Å². The fourth-order valence-electron chi connectivity index (χ4n) is 11.4. The first-order valence-corrected chi connectivity index (χ1v) is 27.8. The van der Waals surface area contributed by atoms with Crippen LogP contribution < -0.4 is 0 Å². The molecule has 7 nitrogen and oxygen atoms in total. The van der Waals surface area contributed by atoms with Gasteiger partial charge >= 0.3 is 0 Å². The molecule has 83 heavy (non-hydrogen) atoms. The van der Waals surface area contributed by atoms with Crippen LogP contribution >= 0.6 is 0 Å². The molecule has 0 spiro atoms. The molecule has 0 aliphatic heterocycles. The van der Waals surface area contributed by atoms with E-state index in [0.717, 1.165) is 82.8 Å². The van der Waals surface area contributed by atoms with Crippen molar-refractivity contribution in [3.63, 3.8) is 0 Å². The van der Waals surface area contributed by atoms with E-state index in [0.29, 0.717) is 33.8 Å². The Labute approximate surface area is 501 Å². The van der Waals surface area contributed by atoms with Crippen LogP contribution in [-0.2, 0) is 25.5 Å². The van der Waals surface area contributed by atoms with E-state index in [1.54, 1.807) is 18.3 Å². The van der Waals surface area contributed by atoms with E-state index in [-0.39, 0.29) is 42.9 Å². The van der Waals surface area contributed by atoms with Gasteiger partial charge in [-0.2, -0.15) is 0 Å². The van der Waals surface area contributed by atoms with Crippen LogP contribution in [-0.4, -0.2) is 19.5 Å². The molecule has 10 aromatic carbocycles. The Morgan fingerprint density at radius 2 is 1.25 bits per heavy atom. The number of fused-ring (bicyclic) bond motifs is 10. The number of hydrogen-bond donors (Lipinski definition) is 0. The maximum Gasteiger partial charge on any atom is 0.200 e. The molecule has 8 heteroatoms. The molecule has 0 aliphatic rings. The zero-order chi connectivity index (χ0) is 58.9. The number of hydrogen-bond acceptors (Lipinski definition) is 5. The summed E-state index contributed by atoms with van der Waals surface area (Å²) in [6.45, 7) is 21.7. The van der Waals surface area contributed by atoms with Crippen LogP contribution in [0.15, 0.2) is 209 Å². The van der Waals surface area contributed by atoms with Crippen LogP contribution in [0.25, 0.3) is 132 Å². The van der Waals surface area contributed by atoms with Gasteiger partial charge in [-0.1, -0.05) is 188 Å². The van der Waals surface area contributed by atoms with E-state index in [2.05, 4.69) is 226 Å². The van der Waals surface area contributed by atoms with Gasteiger partial charge in [0.05, 0.1) is 40.2 Å². The van der Waals surface area contributed by atoms with Crippen molar-refractivity contribution in [1.82, 2.24) is 19.5 Å². The largest absolute Gasteiger partial charge is 0.501 e. The number of aromatic nitrogens is 4. The molecule has 407 valence electrons. The van der Waals surface area contributed by atoms with Gasteiger partial charge in [0.2, 0.25) is 5.69 Å². The number of aryl methyl sites for hydroxylation is 1. The van der Waals surface area contributed by atoms with Crippen molar-refractivity contribution >= 4 is 71.4 Å². The summed E-state index contributed by atoms with van der Waals surface area (Å²) in [5.74, 6) is 1.68. The molecule has 1 radical (unpaired) electrons. The van der Waals surface area contributed by atoms with Gasteiger partial charge in [-0.15, -0.1) is 53.6 Å². The zero-order valence-corrected chi connectivity index (χ0v) is 49.5. The van der Waals surface area contributed by atoms with Crippen LogP contribution in [0.5, 0.6) is 0 Å². The van der Waals surface area contributed by atoms with E-state index in [1.165, 1.54) is 39.4 Å². The van der Waals surface area contributed by atoms with Crippen molar-refractivity contribution in [1.29, 1.82) is 0 Å². The van der Waals surface area contributed by atoms with Gasteiger partial charge in [0.15, 0.2) is 0 Å². The molecule has 0 amide bonds. The van der Waals surface area contributed by atoms with Crippen LogP contribution in [0, 0.1) is 25.6 Å². The quantitative estimate of drug-likeness (QED) is 0.142. The normalized spacial score (nSPS) is 12.4. The topological polar surface area (TPSA) is 74.2 Å². The van der Waals surface area contributed by atoms with Crippen molar-refractivity contribution in [2.75, 3.05) is 0 Å². The van der Waals surface area contributed by atoms with Crippen molar-refractivity contribution in [2.45, 2.75) is 72.6 Å². The van der Waals surface area contributed by atoms with E-state index < -0.39 is 6.85 Å². The molecule has 0 saturated carbocycles. The molecule has 0 atom stereocenters. The molecule has 4 heterocycles. The van der Waals surface area contributed by atoms with E-state index in [1.807, 2.05) is 30.3 Å². The summed E-state index contributed by atoms with van der Waals surface area (Å²) in [5.41, 5.74) is 18.0. The fourth-order valence-corrected chi connectivity index (χ4v) is 11.4. The molecule has 0 fully saturated rings. The average Bonchev–Trinajstić information content (AvgIpc) is 1.64. The Kier molecular flexibility index (Phi) is 13.4. The minimum Gasteiger partial charge on any atom is -0.501 e. The molecular weight excluding hydrogens is 1200 g/mol. The number of nitrogens with zero attached hydrogens (tertiary/aromatic N) is 5. The van der Waals surface area contributed by atoms with Gasteiger partial charge < -0.3 is 13.4 Å². The number of imidazole rings is 1. The summed E-state index contributed by atoms with van der Waals surface area (Å²) in [6.07, 6.45) is 1.72. The molecule has 4 aromatic heterocycles. The Morgan fingerprint density at radius 1 is 0.590 bits per heavy atom. The summed E-state index contributed by atoms with van der Waals surface area (Å²) in [4.78, 5) is 18.3. The first kappa shape index (κ1) is 50.7. The summed E-state index contributed by atoms with van der Waals surface area (Å²) < 4.78 is 38.2. The molecule has 14 aromatic rings. The Balaban J connectivity index is 0.000000294. The molecule has 0 bridgehead atoms. The van der Waals surface area contributed by atoms with Gasteiger partial charge in [-0.05, 0) is 104 Å². The van der Waals surface area contributed by atoms with E-state index in [4.69, 9.17) is 24.5 Å². The summed E-state index contributed by atoms with van der Waals surface area (Å²) in [7, 11) is 0. The first-order chi connectivity index (χ1) is 41.0. The van der Waals surface area contributed by atoms with Gasteiger partial charge in [0.25, 0.3) is 0 Å².